The van der Waals surface area contributed by atoms with Crippen molar-refractivity contribution < 1.29 is 110 Å². The fourth-order valence-corrected chi connectivity index (χ4v) is 13.2. The molecule has 23 nitrogen and oxygen atoms in total. The van der Waals surface area contributed by atoms with E-state index in [9.17, 15) is 57.8 Å². The zero-order chi connectivity index (χ0) is 104. The van der Waals surface area contributed by atoms with Crippen LogP contribution in [0.1, 0.15) is 209 Å². The zero-order valence-electron chi connectivity index (χ0n) is 83.7. The maximum Gasteiger partial charge on any atom is 0.338 e. The van der Waals surface area contributed by atoms with Gasteiger partial charge in [-0.25, -0.2) is 28.8 Å². The first-order valence-corrected chi connectivity index (χ1v) is 47.5. The molecule has 0 saturated carbocycles. The summed E-state index contributed by atoms with van der Waals surface area (Å²) in [7, 11) is 0. The van der Waals surface area contributed by atoms with Crippen LogP contribution in [0.3, 0.4) is 0 Å². The lowest BCUT2D eigenvalue weighted by Crippen LogP contribution is -2.40. The lowest BCUT2D eigenvalue weighted by atomic mass is 9.72. The molecule has 786 valence electrons. The van der Waals surface area contributed by atoms with Crippen molar-refractivity contribution in [1.29, 1.82) is 0 Å². The van der Waals surface area contributed by atoms with Crippen molar-refractivity contribution in [2.24, 2.45) is 27.1 Å². The largest absolute Gasteiger partial charge is 0.463 e. The van der Waals surface area contributed by atoms with Crippen molar-refractivity contribution in [3.63, 3.8) is 0 Å². The summed E-state index contributed by atoms with van der Waals surface area (Å²) >= 11 is 0. The molecule has 12 aromatic rings. The monoisotopic (exact) mass is 2030 g/mol. The van der Waals surface area contributed by atoms with Crippen LogP contribution >= 0.6 is 0 Å². The minimum absolute atomic E-state index is 0. The normalized spacial score (nSPS) is 11.5. The summed E-state index contributed by atoms with van der Waals surface area (Å²) in [6, 6.07) is 95.8. The lowest BCUT2D eigenvalue weighted by Gasteiger charge is -2.33. The lowest BCUT2D eigenvalue weighted by molar-refractivity contribution is -0.162. The summed E-state index contributed by atoms with van der Waals surface area (Å²) in [6.45, 7) is 25.2. The van der Waals surface area contributed by atoms with Gasteiger partial charge in [0.05, 0.1) is 44.3 Å². The number of ether oxygens (including phenoxy) is 11. The summed E-state index contributed by atoms with van der Waals surface area (Å²) in [5.74, 6) is -2.47. The fraction of sp³-hybridized carbons (Fsp3) is 0.278. The molecule has 1 N–H and O–H groups in total. The highest BCUT2D eigenvalue weighted by molar-refractivity contribution is 5.94. The van der Waals surface area contributed by atoms with Crippen LogP contribution < -0.4 is 28.4 Å². The van der Waals surface area contributed by atoms with Crippen molar-refractivity contribution in [2.45, 2.75) is 172 Å². The second kappa shape index (κ2) is 61.9. The Hall–Kier alpha value is -16.3. The van der Waals surface area contributed by atoms with Crippen molar-refractivity contribution in [3.8, 4) is 79.0 Å². The molecular formula is C126H144O23. The van der Waals surface area contributed by atoms with E-state index in [1.807, 2.05) is 248 Å². The van der Waals surface area contributed by atoms with Gasteiger partial charge in [0.1, 0.15) is 67.5 Å². The number of aliphatic hydroxyl groups is 1. The number of benzene rings is 12. The van der Waals surface area contributed by atoms with Crippen LogP contribution in [-0.4, -0.2) is 110 Å². The van der Waals surface area contributed by atoms with Crippen LogP contribution in [-0.2, 0) is 66.8 Å². The van der Waals surface area contributed by atoms with Crippen molar-refractivity contribution in [2.75, 3.05) is 33.0 Å². The van der Waals surface area contributed by atoms with Crippen LogP contribution in [0.5, 0.6) is 34.5 Å². The molecule has 149 heavy (non-hydrogen) atoms. The molecule has 0 spiro atoms. The van der Waals surface area contributed by atoms with Crippen molar-refractivity contribution in [1.82, 2.24) is 0 Å². The van der Waals surface area contributed by atoms with E-state index in [4.69, 9.17) is 52.1 Å². The van der Waals surface area contributed by atoms with Gasteiger partial charge in [-0.15, -0.1) is 0 Å². The minimum atomic E-state index is -0.961. The predicted octanol–water partition coefficient (Wildman–Crippen LogP) is 28.3. The van der Waals surface area contributed by atoms with Gasteiger partial charge in [-0.05, 0) is 289 Å². The maximum absolute atomic E-state index is 13.1. The van der Waals surface area contributed by atoms with E-state index in [0.717, 1.165) is 66.8 Å². The van der Waals surface area contributed by atoms with E-state index in [1.165, 1.54) is 72.8 Å². The molecule has 2 atom stereocenters. The summed E-state index contributed by atoms with van der Waals surface area (Å²) in [6.07, 6.45) is 14.2. The van der Waals surface area contributed by atoms with Gasteiger partial charge in [-0.2, -0.15) is 0 Å². The van der Waals surface area contributed by atoms with Crippen LogP contribution in [0.15, 0.2) is 340 Å². The topological polar surface area (TPSA) is 310 Å². The average molecular weight is 2030 g/mol. The molecule has 0 aliphatic rings. The smallest absolute Gasteiger partial charge is 0.338 e. The third-order valence-corrected chi connectivity index (χ3v) is 23.4. The summed E-state index contributed by atoms with van der Waals surface area (Å²) in [5, 5.41) is 9.44. The molecule has 2 unspecified atom stereocenters. The third-order valence-electron chi connectivity index (χ3n) is 23.4. The highest BCUT2D eigenvalue weighted by Crippen LogP contribution is 2.40. The molecule has 0 saturated heterocycles. The van der Waals surface area contributed by atoms with Gasteiger partial charge in [0.15, 0.2) is 0 Å². The predicted molar refractivity (Wildman–Crippen MR) is 591 cm³/mol. The molecular weight excluding hydrogens is 1880 g/mol. The molecule has 0 heterocycles. The summed E-state index contributed by atoms with van der Waals surface area (Å²) in [5.41, 5.74) is 8.86. The maximum atomic E-state index is 13.1. The van der Waals surface area contributed by atoms with Gasteiger partial charge in [-0.1, -0.05) is 283 Å². The molecule has 0 amide bonds. The van der Waals surface area contributed by atoms with Gasteiger partial charge >= 0.3 is 65.7 Å². The van der Waals surface area contributed by atoms with E-state index >= 15 is 0 Å². The number of carbonyl (C=O) groups is 11. The van der Waals surface area contributed by atoms with Crippen LogP contribution in [0.25, 0.3) is 68.8 Å². The molecule has 12 aromatic carbocycles. The highest BCUT2D eigenvalue weighted by atomic mass is 16.6. The fourth-order valence-electron chi connectivity index (χ4n) is 13.2. The minimum Gasteiger partial charge on any atom is -0.463 e. The van der Waals surface area contributed by atoms with Gasteiger partial charge in [0.2, 0.25) is 0 Å². The first-order chi connectivity index (χ1) is 68.8. The number of hydrogen-bond acceptors (Lipinski definition) is 23. The second-order valence-electron chi connectivity index (χ2n) is 36.4. The summed E-state index contributed by atoms with van der Waals surface area (Å²) < 4.78 is 58.2. The van der Waals surface area contributed by atoms with E-state index in [2.05, 4.69) is 12.1 Å². The van der Waals surface area contributed by atoms with Gasteiger partial charge < -0.3 is 57.2 Å². The van der Waals surface area contributed by atoms with Gasteiger partial charge in [-0.3, -0.25) is 24.0 Å². The van der Waals surface area contributed by atoms with Gasteiger partial charge in [0, 0.05) is 24.3 Å². The average Bonchev–Trinajstić information content (AvgIpc) is 0.871. The second-order valence-corrected chi connectivity index (χ2v) is 36.4. The Morgan fingerprint density at radius 2 is 0.470 bits per heavy atom. The Morgan fingerprint density at radius 3 is 0.732 bits per heavy atom. The van der Waals surface area contributed by atoms with E-state index < -0.39 is 80.9 Å². The number of aliphatic hydroxyl groups excluding tert-OH is 1. The number of hydrogen-bond donors (Lipinski definition) is 1. The molecule has 23 heteroatoms. The number of carbonyl (C=O) groups excluding carboxylic acids is 11. The number of rotatable bonds is 39. The van der Waals surface area contributed by atoms with Crippen LogP contribution in [0.2, 0.25) is 0 Å². The Morgan fingerprint density at radius 1 is 0.248 bits per heavy atom. The standard InChI is InChI=1S/C34H38O7.C33H30O4.C30H30O6.C24H26O6.5CH4/c1-6-34(5,32(38)39-22-24(2)35)23-33(3,4)31(37)41-29-19-15-27(16-20-29)26-13-17-28(18-14-26)40-30(36)21-12-25-10-8-7-9-11-25;1-4-33(2,3)32(35)37-30-21-17-28(18-22-30)27-15-19-29(20-16-27)36-31(34)23-12-24-10-13-26(14-11-24)25-8-6-5-7-9-25;1-4-30(2,3)29(33)35-21-20-34-28(32)25-15-17-26(18-16-25)36-27(31)19-12-22-10-13-24(14-11-22)23-8-6-5-7-9-23;1-4-24(2,3)23(27)29-17-16-28-22(26)19-11-13-20(14-12-19)30-21(25)15-10-18-8-6-5-7-9-18;;;;;/h7-21,24,35H,6,22-23H2,1-5H3;5-23H,4H2,1-3H3;5-19H,4,20-21H2,1-3H3;5-15H,4,16-17H2,1-3H3;5*1H4/b21-12+;23-12+;19-12+;15-10+;;;;;. The summed E-state index contributed by atoms with van der Waals surface area (Å²) in [4.78, 5) is 134. The Labute approximate surface area is 879 Å². The zero-order valence-corrected chi connectivity index (χ0v) is 83.7. The first-order valence-electron chi connectivity index (χ1n) is 47.5. The van der Waals surface area contributed by atoms with E-state index in [1.54, 1.807) is 128 Å². The van der Waals surface area contributed by atoms with Crippen molar-refractivity contribution in [3.05, 3.63) is 373 Å². The Kier molecular flexibility index (Phi) is 51.9. The SMILES string of the molecule is C.C.C.C.C.CCC(C)(C)C(=O)OCCOC(=O)c1ccc(OC(=O)/C=C/c2ccc(-c3ccccc3)cc2)cc1.CCC(C)(C)C(=O)OCCOC(=O)c1ccc(OC(=O)/C=C/c2ccccc2)cc1.CCC(C)(C)C(=O)Oc1ccc(-c2ccc(OC(=O)/C=C/c3ccc(-c4ccccc4)cc3)cc2)cc1.CCC(C)(CC(C)(C)C(=O)Oc1ccc(-c2ccc(OC(=O)/C=C/c3ccccc3)cc2)cc1)C(=O)OCC(C)O. The van der Waals surface area contributed by atoms with Crippen LogP contribution in [0.4, 0.5) is 0 Å². The quantitative estimate of drug-likeness (QED) is 0.0123. The van der Waals surface area contributed by atoms with E-state index in [-0.39, 0.29) is 94.5 Å². The molecule has 0 bridgehead atoms. The molecule has 0 aliphatic carbocycles. The number of esters is 11. The van der Waals surface area contributed by atoms with Crippen molar-refractivity contribution >= 4 is 90.0 Å². The van der Waals surface area contributed by atoms with E-state index in [0.29, 0.717) is 71.3 Å². The molecule has 0 fully saturated rings. The highest BCUT2D eigenvalue weighted by Gasteiger charge is 2.43. The molecule has 0 aromatic heterocycles. The Balaban J connectivity index is 0.000000411. The molecule has 0 aliphatic heterocycles. The molecule has 12 rings (SSSR count). The van der Waals surface area contributed by atoms with Gasteiger partial charge in [0.25, 0.3) is 0 Å². The van der Waals surface area contributed by atoms with Crippen LogP contribution in [0, 0.1) is 27.1 Å². The molecule has 0 radical (unpaired) electrons. The third kappa shape index (κ3) is 41.6. The first kappa shape index (κ1) is 125. The Bertz CT molecular complexity index is 6330.